The normalized spacial score (nSPS) is 14.2. The van der Waals surface area contributed by atoms with Crippen LogP contribution < -0.4 is 10.6 Å². The average molecular weight is 528 g/mol. The summed E-state index contributed by atoms with van der Waals surface area (Å²) in [5, 5.41) is 10.6. The fourth-order valence-electron chi connectivity index (χ4n) is 3.66. The Morgan fingerprint density at radius 2 is 1.82 bits per heavy atom. The highest BCUT2D eigenvalue weighted by atomic mass is 35.5. The SMILES string of the molecule is Cc1nn(Cc2c(Cl)cccc2Cl)c(Cl)c1C=CC(=O)OCC(=O)NC(=O)NC1CCCCC1. The van der Waals surface area contributed by atoms with Crippen LogP contribution in [0.4, 0.5) is 4.79 Å². The van der Waals surface area contributed by atoms with Gasteiger partial charge in [0.15, 0.2) is 6.61 Å². The maximum absolute atomic E-state index is 12.0. The number of esters is 1. The number of rotatable bonds is 7. The molecule has 11 heteroatoms. The van der Waals surface area contributed by atoms with Gasteiger partial charge in [0, 0.05) is 33.3 Å². The van der Waals surface area contributed by atoms with Gasteiger partial charge in [0.25, 0.3) is 5.91 Å². The molecule has 1 aromatic carbocycles. The monoisotopic (exact) mass is 526 g/mol. The van der Waals surface area contributed by atoms with E-state index in [0.717, 1.165) is 38.2 Å². The molecular formula is C23H25Cl3N4O4. The molecule has 1 heterocycles. The van der Waals surface area contributed by atoms with Crippen LogP contribution in [0.15, 0.2) is 24.3 Å². The van der Waals surface area contributed by atoms with E-state index >= 15 is 0 Å². The van der Waals surface area contributed by atoms with Gasteiger partial charge < -0.3 is 10.1 Å². The van der Waals surface area contributed by atoms with Crippen LogP contribution >= 0.6 is 34.8 Å². The Kier molecular flexibility index (Phi) is 9.38. The maximum Gasteiger partial charge on any atom is 0.331 e. The number of aryl methyl sites for hydroxylation is 1. The number of nitrogens with one attached hydrogen (secondary N) is 2. The summed E-state index contributed by atoms with van der Waals surface area (Å²) in [7, 11) is 0. The molecule has 0 radical (unpaired) electrons. The van der Waals surface area contributed by atoms with Gasteiger partial charge in [-0.1, -0.05) is 60.1 Å². The predicted octanol–water partition coefficient (Wildman–Crippen LogP) is 4.91. The number of amides is 3. The van der Waals surface area contributed by atoms with Crippen molar-refractivity contribution in [1.29, 1.82) is 0 Å². The lowest BCUT2D eigenvalue weighted by Crippen LogP contribution is -2.46. The van der Waals surface area contributed by atoms with E-state index in [-0.39, 0.29) is 17.7 Å². The number of hydrogen-bond acceptors (Lipinski definition) is 5. The standard InChI is InChI=1S/C23H25Cl3N4O4/c1-14-16(22(26)30(29-14)12-17-18(24)8-5-9-19(17)25)10-11-21(32)34-13-20(31)28-23(33)27-15-6-3-2-4-7-15/h5,8-11,15H,2-4,6-7,12-13H2,1H3,(H2,27,28,31,33). The van der Waals surface area contributed by atoms with Crippen LogP contribution in [0, 0.1) is 6.92 Å². The first-order chi connectivity index (χ1) is 16.2. The molecule has 182 valence electrons. The Morgan fingerprint density at radius 1 is 1.15 bits per heavy atom. The predicted molar refractivity (Wildman–Crippen MR) is 131 cm³/mol. The van der Waals surface area contributed by atoms with Gasteiger partial charge in [-0.05, 0) is 38.0 Å². The van der Waals surface area contributed by atoms with Gasteiger partial charge in [-0.3, -0.25) is 10.1 Å². The lowest BCUT2D eigenvalue weighted by molar-refractivity contribution is -0.143. The van der Waals surface area contributed by atoms with Crippen LogP contribution in [0.2, 0.25) is 15.2 Å². The second-order valence-electron chi connectivity index (χ2n) is 7.95. The third kappa shape index (κ3) is 7.22. The van der Waals surface area contributed by atoms with Crippen molar-refractivity contribution in [2.24, 2.45) is 0 Å². The van der Waals surface area contributed by atoms with Gasteiger partial charge in [-0.15, -0.1) is 0 Å². The van der Waals surface area contributed by atoms with Crippen molar-refractivity contribution in [3.05, 3.63) is 56.3 Å². The Morgan fingerprint density at radius 3 is 2.50 bits per heavy atom. The highest BCUT2D eigenvalue weighted by molar-refractivity contribution is 6.36. The van der Waals surface area contributed by atoms with Gasteiger partial charge in [0.2, 0.25) is 0 Å². The number of aromatic nitrogens is 2. The lowest BCUT2D eigenvalue weighted by Gasteiger charge is -2.22. The molecule has 1 aliphatic carbocycles. The van der Waals surface area contributed by atoms with Gasteiger partial charge in [-0.25, -0.2) is 14.3 Å². The van der Waals surface area contributed by atoms with E-state index < -0.39 is 24.5 Å². The molecule has 2 aromatic rings. The van der Waals surface area contributed by atoms with Crippen molar-refractivity contribution in [2.45, 2.75) is 51.6 Å². The van der Waals surface area contributed by atoms with Crippen molar-refractivity contribution in [1.82, 2.24) is 20.4 Å². The minimum atomic E-state index is -0.764. The first-order valence-corrected chi connectivity index (χ1v) is 12.0. The molecular weight excluding hydrogens is 503 g/mol. The van der Waals surface area contributed by atoms with Crippen LogP contribution in [0.1, 0.15) is 48.9 Å². The number of ether oxygens (including phenoxy) is 1. The largest absolute Gasteiger partial charge is 0.452 e. The highest BCUT2D eigenvalue weighted by Crippen LogP contribution is 2.28. The van der Waals surface area contributed by atoms with E-state index in [4.69, 9.17) is 39.5 Å². The summed E-state index contributed by atoms with van der Waals surface area (Å²) >= 11 is 18.9. The van der Waals surface area contributed by atoms with E-state index in [2.05, 4.69) is 15.7 Å². The molecule has 2 N–H and O–H groups in total. The molecule has 3 rings (SSSR count). The van der Waals surface area contributed by atoms with Gasteiger partial charge in [-0.2, -0.15) is 5.10 Å². The lowest BCUT2D eigenvalue weighted by atomic mass is 9.96. The number of imide groups is 1. The molecule has 0 aliphatic heterocycles. The molecule has 1 aromatic heterocycles. The molecule has 1 fully saturated rings. The molecule has 0 saturated heterocycles. The molecule has 0 unspecified atom stereocenters. The number of nitrogens with zero attached hydrogens (tertiary/aromatic N) is 2. The van der Waals surface area contributed by atoms with Crippen molar-refractivity contribution in [3.63, 3.8) is 0 Å². The minimum Gasteiger partial charge on any atom is -0.452 e. The smallest absolute Gasteiger partial charge is 0.331 e. The molecule has 0 bridgehead atoms. The third-order valence-corrected chi connectivity index (χ3v) is 6.51. The van der Waals surface area contributed by atoms with E-state index in [0.29, 0.717) is 26.9 Å². The summed E-state index contributed by atoms with van der Waals surface area (Å²) < 4.78 is 6.43. The second-order valence-corrected chi connectivity index (χ2v) is 9.12. The zero-order valence-corrected chi connectivity index (χ0v) is 20.8. The van der Waals surface area contributed by atoms with E-state index in [1.807, 2.05) is 0 Å². The second kappa shape index (κ2) is 12.2. The third-order valence-electron chi connectivity index (χ3n) is 5.40. The molecule has 0 atom stereocenters. The van der Waals surface area contributed by atoms with E-state index in [9.17, 15) is 14.4 Å². The Hall–Kier alpha value is -2.55. The zero-order chi connectivity index (χ0) is 24.7. The Bertz CT molecular complexity index is 1070. The molecule has 1 saturated carbocycles. The molecule has 3 amide bonds. The molecule has 34 heavy (non-hydrogen) atoms. The average Bonchev–Trinajstić information content (AvgIpc) is 3.06. The fourth-order valence-corrected chi connectivity index (χ4v) is 4.48. The summed E-state index contributed by atoms with van der Waals surface area (Å²) in [4.78, 5) is 35.8. The van der Waals surface area contributed by atoms with Crippen molar-refractivity contribution >= 4 is 58.8 Å². The van der Waals surface area contributed by atoms with Gasteiger partial charge in [0.05, 0.1) is 12.2 Å². The summed E-state index contributed by atoms with van der Waals surface area (Å²) in [5.74, 6) is -1.48. The number of benzene rings is 1. The Labute approximate surface area is 212 Å². The topological polar surface area (TPSA) is 102 Å². The summed E-state index contributed by atoms with van der Waals surface area (Å²) in [6.45, 7) is 1.40. The van der Waals surface area contributed by atoms with Gasteiger partial charge in [0.1, 0.15) is 5.15 Å². The highest BCUT2D eigenvalue weighted by Gasteiger charge is 2.18. The maximum atomic E-state index is 12.0. The van der Waals surface area contributed by atoms with Crippen LogP contribution in [-0.2, 0) is 20.9 Å². The van der Waals surface area contributed by atoms with Crippen LogP contribution in [0.3, 0.4) is 0 Å². The number of halogens is 3. The molecule has 8 nitrogen and oxygen atoms in total. The number of carbonyl (C=O) groups is 3. The number of carbonyl (C=O) groups excluding carboxylic acids is 3. The summed E-state index contributed by atoms with van der Waals surface area (Å²) in [5.41, 5.74) is 1.76. The van der Waals surface area contributed by atoms with Crippen LogP contribution in [0.5, 0.6) is 0 Å². The van der Waals surface area contributed by atoms with E-state index in [1.54, 1.807) is 25.1 Å². The fraction of sp³-hybridized carbons (Fsp3) is 0.391. The number of hydrogen-bond donors (Lipinski definition) is 2. The Balaban J connectivity index is 1.51. The van der Waals surface area contributed by atoms with Gasteiger partial charge >= 0.3 is 12.0 Å². The van der Waals surface area contributed by atoms with Crippen molar-refractivity contribution < 1.29 is 19.1 Å². The van der Waals surface area contributed by atoms with Crippen LogP contribution in [0.25, 0.3) is 6.08 Å². The zero-order valence-electron chi connectivity index (χ0n) is 18.6. The van der Waals surface area contributed by atoms with Crippen LogP contribution in [-0.4, -0.2) is 40.3 Å². The van der Waals surface area contributed by atoms with Crippen molar-refractivity contribution in [3.8, 4) is 0 Å². The molecule has 0 spiro atoms. The first kappa shape index (κ1) is 26.1. The minimum absolute atomic E-state index is 0.0647. The number of urea groups is 1. The van der Waals surface area contributed by atoms with Crippen molar-refractivity contribution in [2.75, 3.05) is 6.61 Å². The summed E-state index contributed by atoms with van der Waals surface area (Å²) in [6.07, 6.45) is 7.64. The quantitative estimate of drug-likeness (QED) is 0.393. The molecule has 1 aliphatic rings. The van der Waals surface area contributed by atoms with E-state index in [1.165, 1.54) is 10.8 Å². The summed E-state index contributed by atoms with van der Waals surface area (Å²) in [6, 6.07) is 4.67. The first-order valence-electron chi connectivity index (χ1n) is 10.9.